The molecule has 0 spiro atoms. The number of rotatable bonds is 8. The van der Waals surface area contributed by atoms with E-state index in [4.69, 9.17) is 4.74 Å². The number of hydrogen-bond acceptors (Lipinski definition) is 4. The van der Waals surface area contributed by atoms with Crippen LogP contribution in [-0.2, 0) is 11.3 Å². The van der Waals surface area contributed by atoms with E-state index in [0.717, 1.165) is 18.7 Å². The van der Waals surface area contributed by atoms with Crippen LogP contribution in [0.3, 0.4) is 0 Å². The van der Waals surface area contributed by atoms with Gasteiger partial charge in [0.2, 0.25) is 0 Å². The second-order valence-electron chi connectivity index (χ2n) is 7.92. The van der Waals surface area contributed by atoms with Crippen molar-refractivity contribution >= 4 is 5.91 Å². The van der Waals surface area contributed by atoms with E-state index in [0.29, 0.717) is 38.3 Å². The number of carbonyl (C=O) groups excluding carboxylic acids is 1. The lowest BCUT2D eigenvalue weighted by atomic mass is 10.1. The number of carbonyl (C=O) groups is 1. The summed E-state index contributed by atoms with van der Waals surface area (Å²) >= 11 is 0. The van der Waals surface area contributed by atoms with Crippen LogP contribution in [-0.4, -0.2) is 80.1 Å². The summed E-state index contributed by atoms with van der Waals surface area (Å²) in [5.74, 6) is -0.732. The molecule has 2 aromatic rings. The molecule has 0 aliphatic carbocycles. The highest BCUT2D eigenvalue weighted by Crippen LogP contribution is 2.14. The molecular formula is C23H29F2N3O2. The highest BCUT2D eigenvalue weighted by Gasteiger charge is 2.25. The minimum Gasteiger partial charge on any atom is -0.374 e. The van der Waals surface area contributed by atoms with E-state index in [1.54, 1.807) is 17.0 Å². The number of amides is 1. The molecule has 0 aromatic heterocycles. The van der Waals surface area contributed by atoms with Crippen molar-refractivity contribution in [1.29, 1.82) is 0 Å². The third-order valence-electron chi connectivity index (χ3n) is 5.16. The highest BCUT2D eigenvalue weighted by atomic mass is 19.1. The summed E-state index contributed by atoms with van der Waals surface area (Å²) in [4.78, 5) is 19.1. The molecule has 1 saturated heterocycles. The summed E-state index contributed by atoms with van der Waals surface area (Å²) in [7, 11) is 3.92. The van der Waals surface area contributed by atoms with E-state index in [1.165, 1.54) is 36.4 Å². The van der Waals surface area contributed by atoms with E-state index in [1.807, 2.05) is 19.0 Å². The minimum atomic E-state index is -0.363. The third-order valence-corrected chi connectivity index (χ3v) is 5.16. The SMILES string of the molecule is CN(C)CCN(C[C@H]1CN(Cc2ccc(F)cc2)CCO1)C(=O)c1ccc(F)cc1. The monoisotopic (exact) mass is 417 g/mol. The van der Waals surface area contributed by atoms with Gasteiger partial charge in [-0.25, -0.2) is 8.78 Å². The van der Waals surface area contributed by atoms with Gasteiger partial charge in [-0.1, -0.05) is 12.1 Å². The third kappa shape index (κ3) is 6.58. The highest BCUT2D eigenvalue weighted by molar-refractivity contribution is 5.94. The lowest BCUT2D eigenvalue weighted by Gasteiger charge is -2.36. The van der Waals surface area contributed by atoms with Crippen molar-refractivity contribution < 1.29 is 18.3 Å². The van der Waals surface area contributed by atoms with Crippen LogP contribution in [0.25, 0.3) is 0 Å². The second kappa shape index (κ2) is 10.6. The quantitative estimate of drug-likeness (QED) is 0.662. The van der Waals surface area contributed by atoms with Gasteiger partial charge in [-0.2, -0.15) is 0 Å². The Morgan fingerprint density at radius 1 is 1.03 bits per heavy atom. The molecule has 0 unspecified atom stereocenters. The Hall–Kier alpha value is -2.35. The van der Waals surface area contributed by atoms with E-state index >= 15 is 0 Å². The molecule has 0 radical (unpaired) electrons. The van der Waals surface area contributed by atoms with Gasteiger partial charge in [-0.05, 0) is 56.1 Å². The van der Waals surface area contributed by atoms with Gasteiger partial charge in [0, 0.05) is 44.8 Å². The molecule has 2 aromatic carbocycles. The Balaban J connectivity index is 1.64. The van der Waals surface area contributed by atoms with Gasteiger partial charge in [0.05, 0.1) is 12.7 Å². The Morgan fingerprint density at radius 3 is 2.30 bits per heavy atom. The normalized spacial score (nSPS) is 17.3. The van der Waals surface area contributed by atoms with Crippen LogP contribution < -0.4 is 0 Å². The van der Waals surface area contributed by atoms with Gasteiger partial charge in [0.15, 0.2) is 0 Å². The average Bonchev–Trinajstić information content (AvgIpc) is 2.73. The van der Waals surface area contributed by atoms with Gasteiger partial charge in [-0.3, -0.25) is 9.69 Å². The van der Waals surface area contributed by atoms with Crippen molar-refractivity contribution in [2.45, 2.75) is 12.6 Å². The van der Waals surface area contributed by atoms with Crippen molar-refractivity contribution in [3.05, 3.63) is 71.3 Å². The number of benzene rings is 2. The zero-order valence-electron chi connectivity index (χ0n) is 17.6. The molecule has 1 aliphatic rings. The van der Waals surface area contributed by atoms with Crippen molar-refractivity contribution in [3.63, 3.8) is 0 Å². The van der Waals surface area contributed by atoms with Crippen LogP contribution in [0.1, 0.15) is 15.9 Å². The number of ether oxygens (including phenoxy) is 1. The zero-order chi connectivity index (χ0) is 21.5. The fraction of sp³-hybridized carbons (Fsp3) is 0.435. The van der Waals surface area contributed by atoms with Gasteiger partial charge in [-0.15, -0.1) is 0 Å². The average molecular weight is 418 g/mol. The van der Waals surface area contributed by atoms with Crippen LogP contribution in [0.15, 0.2) is 48.5 Å². The van der Waals surface area contributed by atoms with Crippen LogP contribution in [0.4, 0.5) is 8.78 Å². The molecule has 1 fully saturated rings. The van der Waals surface area contributed by atoms with Crippen LogP contribution in [0.2, 0.25) is 0 Å². The maximum absolute atomic E-state index is 13.2. The predicted molar refractivity (Wildman–Crippen MR) is 112 cm³/mol. The first-order valence-electron chi connectivity index (χ1n) is 10.2. The van der Waals surface area contributed by atoms with Gasteiger partial charge < -0.3 is 14.5 Å². The topological polar surface area (TPSA) is 36.0 Å². The molecule has 7 heteroatoms. The van der Waals surface area contributed by atoms with E-state index in [-0.39, 0.29) is 23.6 Å². The molecular weight excluding hydrogens is 388 g/mol. The zero-order valence-corrected chi connectivity index (χ0v) is 17.6. The summed E-state index contributed by atoms with van der Waals surface area (Å²) in [5.41, 5.74) is 1.51. The number of nitrogens with zero attached hydrogens (tertiary/aromatic N) is 3. The molecule has 5 nitrogen and oxygen atoms in total. The summed E-state index contributed by atoms with van der Waals surface area (Å²) < 4.78 is 32.3. The van der Waals surface area contributed by atoms with Crippen molar-refractivity contribution in [3.8, 4) is 0 Å². The standard InChI is InChI=1S/C23H29F2N3O2/c1-26(2)11-12-28(23(29)19-5-9-21(25)10-6-19)17-22-16-27(13-14-30-22)15-18-3-7-20(24)8-4-18/h3-10,22H,11-17H2,1-2H3/t22-/m1/s1. The fourth-order valence-electron chi connectivity index (χ4n) is 3.50. The molecule has 162 valence electrons. The summed E-state index contributed by atoms with van der Waals surface area (Å²) in [6.45, 7) is 4.51. The Labute approximate surface area is 176 Å². The first-order chi connectivity index (χ1) is 14.4. The maximum atomic E-state index is 13.2. The Bertz CT molecular complexity index is 812. The summed E-state index contributed by atoms with van der Waals surface area (Å²) in [6, 6.07) is 12.2. The maximum Gasteiger partial charge on any atom is 0.253 e. The van der Waals surface area contributed by atoms with Crippen molar-refractivity contribution in [1.82, 2.24) is 14.7 Å². The molecule has 0 bridgehead atoms. The lowest BCUT2D eigenvalue weighted by molar-refractivity contribution is -0.0433. The van der Waals surface area contributed by atoms with Crippen molar-refractivity contribution in [2.24, 2.45) is 0 Å². The van der Waals surface area contributed by atoms with Gasteiger partial charge in [0.1, 0.15) is 11.6 Å². The largest absolute Gasteiger partial charge is 0.374 e. The molecule has 1 heterocycles. The first kappa shape index (κ1) is 22.3. The van der Waals surface area contributed by atoms with E-state index < -0.39 is 0 Å². The molecule has 0 saturated carbocycles. The van der Waals surface area contributed by atoms with Crippen molar-refractivity contribution in [2.75, 3.05) is 53.4 Å². The molecule has 30 heavy (non-hydrogen) atoms. The first-order valence-corrected chi connectivity index (χ1v) is 10.2. The minimum absolute atomic E-state index is 0.120. The van der Waals surface area contributed by atoms with E-state index in [2.05, 4.69) is 4.90 Å². The van der Waals surface area contributed by atoms with Gasteiger partial charge in [0.25, 0.3) is 5.91 Å². The van der Waals surface area contributed by atoms with Crippen LogP contribution in [0, 0.1) is 11.6 Å². The van der Waals surface area contributed by atoms with Crippen LogP contribution in [0.5, 0.6) is 0 Å². The van der Waals surface area contributed by atoms with Crippen LogP contribution >= 0.6 is 0 Å². The number of morpholine rings is 1. The summed E-state index contributed by atoms with van der Waals surface area (Å²) in [6.07, 6.45) is -0.120. The van der Waals surface area contributed by atoms with E-state index in [9.17, 15) is 13.6 Å². The smallest absolute Gasteiger partial charge is 0.253 e. The predicted octanol–water partition coefficient (Wildman–Crippen LogP) is 2.87. The molecule has 1 atom stereocenters. The molecule has 0 N–H and O–H groups in total. The molecule has 1 aliphatic heterocycles. The fourth-order valence-corrected chi connectivity index (χ4v) is 3.50. The molecule has 3 rings (SSSR count). The lowest BCUT2D eigenvalue weighted by Crippen LogP contribution is -2.49. The second-order valence-corrected chi connectivity index (χ2v) is 7.92. The molecule has 1 amide bonds. The number of halogens is 2. The number of likely N-dealkylation sites (N-methyl/N-ethyl adjacent to an activating group) is 1. The summed E-state index contributed by atoms with van der Waals surface area (Å²) in [5, 5.41) is 0. The Morgan fingerprint density at radius 2 is 1.67 bits per heavy atom. The Kier molecular flexibility index (Phi) is 7.90. The van der Waals surface area contributed by atoms with Gasteiger partial charge >= 0.3 is 0 Å². The number of hydrogen-bond donors (Lipinski definition) is 0.